The van der Waals surface area contributed by atoms with Crippen LogP contribution in [0, 0.1) is 31.6 Å². The van der Waals surface area contributed by atoms with Gasteiger partial charge in [-0.05, 0) is 142 Å². The third kappa shape index (κ3) is 4.37. The highest BCUT2D eigenvalue weighted by Crippen LogP contribution is 2.60. The molecule has 7 nitrogen and oxygen atoms in total. The normalized spacial score (nSPS) is 27.6. The van der Waals surface area contributed by atoms with E-state index in [0.29, 0.717) is 23.5 Å². The van der Waals surface area contributed by atoms with E-state index in [1.807, 2.05) is 26.8 Å². The van der Waals surface area contributed by atoms with Crippen LogP contribution in [0.25, 0.3) is 11.8 Å². The average Bonchev–Trinajstić information content (AvgIpc) is 3.23. The molecular weight excluding hydrogens is 526 g/mol. The van der Waals surface area contributed by atoms with Crippen LogP contribution in [-0.2, 0) is 15.0 Å². The van der Waals surface area contributed by atoms with Gasteiger partial charge in [0, 0.05) is 17.1 Å². The number of ether oxygens (including phenoxy) is 1. The summed E-state index contributed by atoms with van der Waals surface area (Å²) in [6.07, 6.45) is 9.91. The topological polar surface area (TPSA) is 80.6 Å². The van der Waals surface area contributed by atoms with Crippen LogP contribution in [0.1, 0.15) is 68.0 Å². The standard InChI is InChI=1S/C35H37N3O4/c1-4-42-30-11-9-29(10-12-30)38-33(40)31(32(39)36-34(38)41)17-26-13-21(2)37(22(26)3)28-7-5-27(6-8-28)35-18-23-14-24(19-35)16-25(15-23)20-35/h5-13,17,23-25H,4,14-16,18-20H2,1-3H3,(H,36,39,41)/b31-17+. The number of nitrogens with one attached hydrogen (secondary N) is 1. The van der Waals surface area contributed by atoms with Gasteiger partial charge in [-0.1, -0.05) is 12.1 Å². The van der Waals surface area contributed by atoms with Crippen LogP contribution in [0.4, 0.5) is 10.5 Å². The second-order valence-electron chi connectivity index (χ2n) is 12.8. The van der Waals surface area contributed by atoms with Crippen molar-refractivity contribution in [1.82, 2.24) is 9.88 Å². The molecule has 4 saturated carbocycles. The Balaban J connectivity index is 1.17. The molecule has 8 rings (SSSR count). The third-order valence-electron chi connectivity index (χ3n) is 10.1. The number of carbonyl (C=O) groups excluding carboxylic acids is 3. The number of rotatable bonds is 6. The largest absolute Gasteiger partial charge is 0.494 e. The first-order valence-corrected chi connectivity index (χ1v) is 15.2. The van der Waals surface area contributed by atoms with Crippen molar-refractivity contribution in [3.05, 3.63) is 82.7 Å². The lowest BCUT2D eigenvalue weighted by molar-refractivity contribution is -0.122. The predicted octanol–water partition coefficient (Wildman–Crippen LogP) is 6.63. The molecule has 2 aromatic carbocycles. The van der Waals surface area contributed by atoms with Crippen LogP contribution in [0.5, 0.6) is 5.75 Å². The Kier molecular flexibility index (Phi) is 6.37. The van der Waals surface area contributed by atoms with Gasteiger partial charge in [0.15, 0.2) is 0 Å². The van der Waals surface area contributed by atoms with Crippen molar-refractivity contribution in [2.75, 3.05) is 11.5 Å². The van der Waals surface area contributed by atoms with Gasteiger partial charge in [-0.3, -0.25) is 14.9 Å². The summed E-state index contributed by atoms with van der Waals surface area (Å²) in [5, 5.41) is 2.32. The predicted molar refractivity (Wildman–Crippen MR) is 162 cm³/mol. The van der Waals surface area contributed by atoms with Gasteiger partial charge < -0.3 is 9.30 Å². The Morgan fingerprint density at radius 1 is 0.881 bits per heavy atom. The fourth-order valence-corrected chi connectivity index (χ4v) is 8.66. The Morgan fingerprint density at radius 3 is 2.07 bits per heavy atom. The maximum Gasteiger partial charge on any atom is 0.335 e. The number of hydrogen-bond donors (Lipinski definition) is 1. The number of aromatic nitrogens is 1. The molecule has 4 amide bonds. The second-order valence-corrected chi connectivity index (χ2v) is 12.8. The van der Waals surface area contributed by atoms with E-state index < -0.39 is 17.8 Å². The highest BCUT2D eigenvalue weighted by atomic mass is 16.5. The van der Waals surface area contributed by atoms with Gasteiger partial charge in [0.25, 0.3) is 11.8 Å². The maximum atomic E-state index is 13.5. The van der Waals surface area contributed by atoms with E-state index in [0.717, 1.165) is 45.3 Å². The highest BCUT2D eigenvalue weighted by Gasteiger charge is 2.51. The van der Waals surface area contributed by atoms with E-state index in [-0.39, 0.29) is 5.57 Å². The monoisotopic (exact) mass is 563 g/mol. The van der Waals surface area contributed by atoms with Crippen LogP contribution in [0.15, 0.2) is 60.2 Å². The van der Waals surface area contributed by atoms with Crippen molar-refractivity contribution >= 4 is 29.6 Å². The highest BCUT2D eigenvalue weighted by molar-refractivity contribution is 6.39. The van der Waals surface area contributed by atoms with E-state index in [1.54, 1.807) is 30.3 Å². The molecule has 5 fully saturated rings. The minimum absolute atomic E-state index is 0.0825. The first kappa shape index (κ1) is 26.7. The summed E-state index contributed by atoms with van der Waals surface area (Å²) in [6.45, 7) is 6.41. The summed E-state index contributed by atoms with van der Waals surface area (Å²) in [6, 6.07) is 17.0. The zero-order valence-corrected chi connectivity index (χ0v) is 24.5. The quantitative estimate of drug-likeness (QED) is 0.270. The van der Waals surface area contributed by atoms with E-state index >= 15 is 0 Å². The van der Waals surface area contributed by atoms with Crippen molar-refractivity contribution in [3.8, 4) is 11.4 Å². The van der Waals surface area contributed by atoms with Crippen LogP contribution >= 0.6 is 0 Å². The van der Waals surface area contributed by atoms with E-state index in [9.17, 15) is 14.4 Å². The fraction of sp³-hybridized carbons (Fsp3) is 0.400. The van der Waals surface area contributed by atoms with E-state index in [4.69, 9.17) is 4.74 Å². The molecule has 0 unspecified atom stereocenters. The molecule has 0 radical (unpaired) electrons. The Morgan fingerprint density at radius 2 is 1.48 bits per heavy atom. The van der Waals surface area contributed by atoms with Gasteiger partial charge in [0.2, 0.25) is 0 Å². The summed E-state index contributed by atoms with van der Waals surface area (Å²) in [7, 11) is 0. The van der Waals surface area contributed by atoms with Crippen molar-refractivity contribution in [3.63, 3.8) is 0 Å². The zero-order valence-electron chi connectivity index (χ0n) is 24.5. The number of carbonyl (C=O) groups is 3. The third-order valence-corrected chi connectivity index (χ3v) is 10.1. The number of imide groups is 2. The lowest BCUT2D eigenvalue weighted by atomic mass is 9.48. The molecule has 5 aliphatic rings. The molecule has 1 aromatic heterocycles. The Labute approximate surface area is 246 Å². The van der Waals surface area contributed by atoms with Crippen LogP contribution in [0.3, 0.4) is 0 Å². The first-order chi connectivity index (χ1) is 20.2. The van der Waals surface area contributed by atoms with Gasteiger partial charge in [-0.2, -0.15) is 0 Å². The molecule has 216 valence electrons. The smallest absolute Gasteiger partial charge is 0.335 e. The minimum atomic E-state index is -0.768. The number of barbiturate groups is 1. The Hall–Kier alpha value is -4.13. The summed E-state index contributed by atoms with van der Waals surface area (Å²) in [5.74, 6) is 1.99. The molecule has 0 spiro atoms. The molecule has 4 aliphatic carbocycles. The van der Waals surface area contributed by atoms with Gasteiger partial charge in [-0.25, -0.2) is 9.69 Å². The van der Waals surface area contributed by atoms with Crippen LogP contribution in [-0.4, -0.2) is 29.0 Å². The number of nitrogens with zero attached hydrogens (tertiary/aromatic N) is 2. The summed E-state index contributed by atoms with van der Waals surface area (Å²) < 4.78 is 7.63. The lowest BCUT2D eigenvalue weighted by Crippen LogP contribution is -2.54. The molecule has 0 atom stereocenters. The summed E-state index contributed by atoms with van der Waals surface area (Å²) in [4.78, 5) is 40.0. The van der Waals surface area contributed by atoms with E-state index in [2.05, 4.69) is 34.1 Å². The SMILES string of the molecule is CCOc1ccc(N2C(=O)NC(=O)/C(=C\c3cc(C)n(-c4ccc(C56CC7CC(CC(C7)C5)C6)cc4)c3C)C2=O)cc1. The Bertz CT molecular complexity index is 1580. The van der Waals surface area contributed by atoms with Crippen LogP contribution < -0.4 is 15.0 Å². The lowest BCUT2D eigenvalue weighted by Gasteiger charge is -2.57. The number of urea groups is 1. The van der Waals surface area contributed by atoms with Gasteiger partial charge >= 0.3 is 6.03 Å². The van der Waals surface area contributed by atoms with Gasteiger partial charge in [0.1, 0.15) is 11.3 Å². The number of aryl methyl sites for hydroxylation is 1. The number of benzene rings is 2. The van der Waals surface area contributed by atoms with E-state index in [1.165, 1.54) is 44.1 Å². The molecule has 7 heteroatoms. The van der Waals surface area contributed by atoms with Crippen molar-refractivity contribution < 1.29 is 19.1 Å². The molecule has 42 heavy (non-hydrogen) atoms. The van der Waals surface area contributed by atoms with Crippen LogP contribution in [0.2, 0.25) is 0 Å². The molecule has 4 bridgehead atoms. The zero-order chi connectivity index (χ0) is 29.2. The fourth-order valence-electron chi connectivity index (χ4n) is 8.66. The number of anilines is 1. The molecule has 1 saturated heterocycles. The van der Waals surface area contributed by atoms with Crippen molar-refractivity contribution in [1.29, 1.82) is 0 Å². The van der Waals surface area contributed by atoms with Gasteiger partial charge in [0.05, 0.1) is 12.3 Å². The number of amides is 4. The number of hydrogen-bond acceptors (Lipinski definition) is 4. The van der Waals surface area contributed by atoms with Crippen molar-refractivity contribution in [2.24, 2.45) is 17.8 Å². The molecule has 1 aliphatic heterocycles. The van der Waals surface area contributed by atoms with Crippen molar-refractivity contribution in [2.45, 2.75) is 64.7 Å². The molecule has 1 N–H and O–H groups in total. The average molecular weight is 564 g/mol. The first-order valence-electron chi connectivity index (χ1n) is 15.2. The summed E-state index contributed by atoms with van der Waals surface area (Å²) >= 11 is 0. The molecule has 3 aromatic rings. The molecule has 2 heterocycles. The minimum Gasteiger partial charge on any atom is -0.494 e. The molecular formula is C35H37N3O4. The second kappa shape index (κ2) is 10.0. The maximum absolute atomic E-state index is 13.5. The summed E-state index contributed by atoms with van der Waals surface area (Å²) in [5.41, 5.74) is 5.87. The van der Waals surface area contributed by atoms with Gasteiger partial charge in [-0.15, -0.1) is 0 Å².